The summed E-state index contributed by atoms with van der Waals surface area (Å²) >= 11 is 8.92. The van der Waals surface area contributed by atoms with Gasteiger partial charge >= 0.3 is 5.97 Å². The molecule has 1 aromatic rings. The van der Waals surface area contributed by atoms with Crippen molar-refractivity contribution in [3.05, 3.63) is 28.7 Å². The Hall–Kier alpha value is -1.07. The number of esters is 1. The maximum Gasteiger partial charge on any atom is 0.307 e. The van der Waals surface area contributed by atoms with Crippen LogP contribution in [0.25, 0.3) is 0 Å². The third kappa shape index (κ3) is 5.20. The Morgan fingerprint density at radius 1 is 1.32 bits per heavy atom. The summed E-state index contributed by atoms with van der Waals surface area (Å²) in [4.78, 5) is 24.6. The normalized spacial score (nSPS) is 10.1. The van der Waals surface area contributed by atoms with Gasteiger partial charge in [-0.1, -0.05) is 15.9 Å². The van der Waals surface area contributed by atoms with Gasteiger partial charge < -0.3 is 9.64 Å². The highest BCUT2D eigenvalue weighted by Crippen LogP contribution is 2.19. The number of nitrogens with zero attached hydrogens (tertiary/aromatic N) is 1. The highest BCUT2D eigenvalue weighted by Gasteiger charge is 2.16. The molecule has 0 aromatic heterocycles. The van der Waals surface area contributed by atoms with Crippen LogP contribution in [0.5, 0.6) is 0 Å². The summed E-state index contributed by atoms with van der Waals surface area (Å²) in [5, 5.41) is 0. The van der Waals surface area contributed by atoms with Crippen LogP contribution in [-0.2, 0) is 14.3 Å². The zero-order chi connectivity index (χ0) is 14.3. The van der Waals surface area contributed by atoms with Crippen molar-refractivity contribution < 1.29 is 14.3 Å². The standard InChI is InChI=1S/C13H15BrClNO3/c1-2-19-13(18)7-8-16(12(17)9-15)11-5-3-10(14)4-6-11/h3-6H,2,7-9H2,1H3. The molecule has 19 heavy (non-hydrogen) atoms. The number of halogens is 2. The van der Waals surface area contributed by atoms with Crippen LogP contribution >= 0.6 is 27.5 Å². The highest BCUT2D eigenvalue weighted by atomic mass is 79.9. The molecule has 4 nitrogen and oxygen atoms in total. The van der Waals surface area contributed by atoms with Crippen LogP contribution in [0.15, 0.2) is 28.7 Å². The molecule has 0 fully saturated rings. The lowest BCUT2D eigenvalue weighted by molar-refractivity contribution is -0.142. The molecule has 0 atom stereocenters. The predicted octanol–water partition coefficient (Wildman–Crippen LogP) is 2.97. The SMILES string of the molecule is CCOC(=O)CCN(C(=O)CCl)c1ccc(Br)cc1. The lowest BCUT2D eigenvalue weighted by atomic mass is 10.2. The summed E-state index contributed by atoms with van der Waals surface area (Å²) in [6, 6.07) is 7.24. The molecular weight excluding hydrogens is 334 g/mol. The molecule has 0 saturated carbocycles. The van der Waals surface area contributed by atoms with Crippen molar-refractivity contribution in [3.63, 3.8) is 0 Å². The second kappa shape index (κ2) is 8.17. The maximum absolute atomic E-state index is 11.8. The van der Waals surface area contributed by atoms with E-state index in [1.54, 1.807) is 19.1 Å². The first-order chi connectivity index (χ1) is 9.08. The summed E-state index contributed by atoms with van der Waals surface area (Å²) in [6.45, 7) is 2.33. The molecule has 0 radical (unpaired) electrons. The molecule has 1 aromatic carbocycles. The van der Waals surface area contributed by atoms with Crippen LogP contribution in [0.2, 0.25) is 0 Å². The van der Waals surface area contributed by atoms with Crippen LogP contribution in [-0.4, -0.2) is 30.9 Å². The minimum absolute atomic E-state index is 0.126. The van der Waals surface area contributed by atoms with Crippen molar-refractivity contribution in [3.8, 4) is 0 Å². The van der Waals surface area contributed by atoms with E-state index in [1.165, 1.54) is 4.90 Å². The van der Waals surface area contributed by atoms with Crippen LogP contribution in [0.1, 0.15) is 13.3 Å². The number of ether oxygens (including phenoxy) is 1. The first-order valence-electron chi connectivity index (χ1n) is 5.86. The molecule has 6 heteroatoms. The number of anilines is 1. The Balaban J connectivity index is 2.75. The largest absolute Gasteiger partial charge is 0.466 e. The van der Waals surface area contributed by atoms with Crippen molar-refractivity contribution in [2.24, 2.45) is 0 Å². The summed E-state index contributed by atoms with van der Waals surface area (Å²) in [7, 11) is 0. The van der Waals surface area contributed by atoms with E-state index in [1.807, 2.05) is 12.1 Å². The highest BCUT2D eigenvalue weighted by molar-refractivity contribution is 9.10. The number of rotatable bonds is 6. The van der Waals surface area contributed by atoms with E-state index in [2.05, 4.69) is 15.9 Å². The van der Waals surface area contributed by atoms with Gasteiger partial charge in [-0.2, -0.15) is 0 Å². The van der Waals surface area contributed by atoms with Gasteiger partial charge in [-0.15, -0.1) is 11.6 Å². The zero-order valence-corrected chi connectivity index (χ0v) is 12.9. The maximum atomic E-state index is 11.8. The first kappa shape index (κ1) is 16.0. The molecule has 0 heterocycles. The molecule has 104 valence electrons. The second-order valence-corrected chi connectivity index (χ2v) is 4.89. The van der Waals surface area contributed by atoms with Crippen LogP contribution in [0, 0.1) is 0 Å². The number of carbonyl (C=O) groups excluding carboxylic acids is 2. The number of hydrogen-bond donors (Lipinski definition) is 0. The molecule has 0 unspecified atom stereocenters. The lowest BCUT2D eigenvalue weighted by Crippen LogP contribution is -2.34. The molecule has 0 N–H and O–H groups in total. The Morgan fingerprint density at radius 3 is 2.47 bits per heavy atom. The van der Waals surface area contributed by atoms with Crippen molar-refractivity contribution in [1.82, 2.24) is 0 Å². The van der Waals surface area contributed by atoms with Gasteiger partial charge in [-0.05, 0) is 31.2 Å². The van der Waals surface area contributed by atoms with Gasteiger partial charge in [0.25, 0.3) is 0 Å². The molecule has 0 aliphatic heterocycles. The summed E-state index contributed by atoms with van der Waals surface area (Å²) in [5.74, 6) is -0.695. The lowest BCUT2D eigenvalue weighted by Gasteiger charge is -2.21. The number of benzene rings is 1. The first-order valence-corrected chi connectivity index (χ1v) is 7.18. The summed E-state index contributed by atoms with van der Waals surface area (Å²) in [5.41, 5.74) is 0.707. The molecule has 0 aliphatic carbocycles. The van der Waals surface area contributed by atoms with Gasteiger partial charge in [0.05, 0.1) is 13.0 Å². The predicted molar refractivity (Wildman–Crippen MR) is 78.5 cm³/mol. The molecule has 1 rings (SSSR count). The third-order valence-corrected chi connectivity index (χ3v) is 3.16. The van der Waals surface area contributed by atoms with Gasteiger partial charge in [0.15, 0.2) is 0 Å². The number of alkyl halides is 1. The topological polar surface area (TPSA) is 46.6 Å². The molecule has 0 saturated heterocycles. The van der Waals surface area contributed by atoms with Crippen LogP contribution in [0.4, 0.5) is 5.69 Å². The third-order valence-electron chi connectivity index (χ3n) is 2.40. The Labute approximate surface area is 125 Å². The number of amides is 1. The molecule has 0 spiro atoms. The Kier molecular flexibility index (Phi) is 6.87. The van der Waals surface area contributed by atoms with Crippen LogP contribution in [0.3, 0.4) is 0 Å². The Morgan fingerprint density at radius 2 is 1.95 bits per heavy atom. The van der Waals surface area contributed by atoms with E-state index in [0.717, 1.165) is 4.47 Å². The quantitative estimate of drug-likeness (QED) is 0.586. The summed E-state index contributed by atoms with van der Waals surface area (Å²) < 4.78 is 5.76. The van der Waals surface area contributed by atoms with Gasteiger partial charge in [0.1, 0.15) is 5.88 Å². The minimum Gasteiger partial charge on any atom is -0.466 e. The van der Waals surface area contributed by atoms with E-state index in [0.29, 0.717) is 12.3 Å². The number of hydrogen-bond acceptors (Lipinski definition) is 3. The van der Waals surface area contributed by atoms with E-state index in [4.69, 9.17) is 16.3 Å². The molecular formula is C13H15BrClNO3. The van der Waals surface area contributed by atoms with Crippen LogP contribution < -0.4 is 4.90 Å². The fourth-order valence-electron chi connectivity index (χ4n) is 1.53. The van der Waals surface area contributed by atoms with E-state index in [-0.39, 0.29) is 30.7 Å². The van der Waals surface area contributed by atoms with Gasteiger partial charge in [-0.3, -0.25) is 9.59 Å². The van der Waals surface area contributed by atoms with Crippen molar-refractivity contribution in [1.29, 1.82) is 0 Å². The smallest absolute Gasteiger partial charge is 0.307 e. The van der Waals surface area contributed by atoms with Gasteiger partial charge in [0.2, 0.25) is 5.91 Å². The molecule has 0 aliphatic rings. The number of carbonyl (C=O) groups is 2. The van der Waals surface area contributed by atoms with E-state index >= 15 is 0 Å². The fourth-order valence-corrected chi connectivity index (χ4v) is 1.94. The second-order valence-electron chi connectivity index (χ2n) is 3.71. The minimum atomic E-state index is -0.327. The van der Waals surface area contributed by atoms with E-state index < -0.39 is 0 Å². The average molecular weight is 349 g/mol. The van der Waals surface area contributed by atoms with Gasteiger partial charge in [-0.25, -0.2) is 0 Å². The fraction of sp³-hybridized carbons (Fsp3) is 0.385. The monoisotopic (exact) mass is 347 g/mol. The Bertz CT molecular complexity index is 436. The average Bonchev–Trinajstić information content (AvgIpc) is 2.41. The summed E-state index contributed by atoms with van der Waals surface area (Å²) in [6.07, 6.45) is 0.145. The molecule has 1 amide bonds. The van der Waals surface area contributed by atoms with Crippen molar-refractivity contribution >= 4 is 45.1 Å². The zero-order valence-electron chi connectivity index (χ0n) is 10.6. The van der Waals surface area contributed by atoms with E-state index in [9.17, 15) is 9.59 Å². The van der Waals surface area contributed by atoms with Crippen molar-refractivity contribution in [2.75, 3.05) is 23.9 Å². The van der Waals surface area contributed by atoms with Gasteiger partial charge in [0, 0.05) is 16.7 Å². The molecule has 0 bridgehead atoms. The van der Waals surface area contributed by atoms with Crippen molar-refractivity contribution in [2.45, 2.75) is 13.3 Å².